The number of H-pyrrole nitrogens is 1. The third-order valence-electron chi connectivity index (χ3n) is 3.97. The van der Waals surface area contributed by atoms with E-state index in [-0.39, 0.29) is 11.9 Å². The molecule has 1 aliphatic rings. The van der Waals surface area contributed by atoms with Gasteiger partial charge < -0.3 is 10.6 Å². The number of piperidine rings is 1. The van der Waals surface area contributed by atoms with Crippen LogP contribution in [0.15, 0.2) is 0 Å². The minimum atomic E-state index is 0.0131. The van der Waals surface area contributed by atoms with Gasteiger partial charge in [0, 0.05) is 30.4 Å². The molecule has 5 nitrogen and oxygen atoms in total. The number of hydrogen-bond donors (Lipinski definition) is 2. The van der Waals surface area contributed by atoms with Gasteiger partial charge in [0.25, 0.3) is 5.91 Å². The standard InChI is InChI=1S/C13H22N4O/c1-8-4-5-17(11(6-8)7-14)13(18)12-9(2)10(3)15-16-12/h8,11H,4-7,14H2,1-3H3,(H,15,16). The largest absolute Gasteiger partial charge is 0.333 e. The third kappa shape index (κ3) is 2.27. The van der Waals surface area contributed by atoms with Crippen LogP contribution in [0.1, 0.15) is 41.5 Å². The van der Waals surface area contributed by atoms with Crippen molar-refractivity contribution in [2.24, 2.45) is 11.7 Å². The first-order valence-electron chi connectivity index (χ1n) is 6.57. The highest BCUT2D eigenvalue weighted by molar-refractivity contribution is 5.94. The molecule has 0 aliphatic carbocycles. The maximum Gasteiger partial charge on any atom is 0.274 e. The van der Waals surface area contributed by atoms with Gasteiger partial charge in [-0.3, -0.25) is 9.89 Å². The van der Waals surface area contributed by atoms with Crippen LogP contribution in [-0.2, 0) is 0 Å². The Morgan fingerprint density at radius 1 is 1.56 bits per heavy atom. The van der Waals surface area contributed by atoms with E-state index >= 15 is 0 Å². The van der Waals surface area contributed by atoms with Crippen molar-refractivity contribution in [3.8, 4) is 0 Å². The van der Waals surface area contributed by atoms with E-state index in [0.717, 1.165) is 30.6 Å². The number of rotatable bonds is 2. The fourth-order valence-electron chi connectivity index (χ4n) is 2.57. The lowest BCUT2D eigenvalue weighted by atomic mass is 9.92. The van der Waals surface area contributed by atoms with Gasteiger partial charge in [-0.15, -0.1) is 0 Å². The second-order valence-corrected chi connectivity index (χ2v) is 5.34. The molecule has 5 heteroatoms. The minimum absolute atomic E-state index is 0.0131. The first-order chi connectivity index (χ1) is 8.54. The van der Waals surface area contributed by atoms with E-state index < -0.39 is 0 Å². The average Bonchev–Trinajstić information content (AvgIpc) is 2.69. The molecule has 1 aliphatic heterocycles. The molecular formula is C13H22N4O. The zero-order valence-electron chi connectivity index (χ0n) is 11.4. The molecule has 1 saturated heterocycles. The molecule has 2 rings (SSSR count). The summed E-state index contributed by atoms with van der Waals surface area (Å²) in [7, 11) is 0. The number of aryl methyl sites for hydroxylation is 1. The Labute approximate surface area is 108 Å². The first kappa shape index (κ1) is 13.1. The number of nitrogens with one attached hydrogen (secondary N) is 1. The number of nitrogens with zero attached hydrogens (tertiary/aromatic N) is 2. The topological polar surface area (TPSA) is 75.0 Å². The van der Waals surface area contributed by atoms with Gasteiger partial charge in [-0.25, -0.2) is 0 Å². The third-order valence-corrected chi connectivity index (χ3v) is 3.97. The van der Waals surface area contributed by atoms with Gasteiger partial charge in [0.15, 0.2) is 5.69 Å². The molecule has 1 amide bonds. The summed E-state index contributed by atoms with van der Waals surface area (Å²) < 4.78 is 0. The van der Waals surface area contributed by atoms with Gasteiger partial charge in [-0.05, 0) is 32.6 Å². The van der Waals surface area contributed by atoms with Gasteiger partial charge in [0.05, 0.1) is 0 Å². The smallest absolute Gasteiger partial charge is 0.274 e. The fourth-order valence-corrected chi connectivity index (χ4v) is 2.57. The lowest BCUT2D eigenvalue weighted by Crippen LogP contribution is -2.49. The molecule has 0 spiro atoms. The Hall–Kier alpha value is -1.36. The van der Waals surface area contributed by atoms with Crippen LogP contribution < -0.4 is 5.73 Å². The highest BCUT2D eigenvalue weighted by atomic mass is 16.2. The zero-order valence-corrected chi connectivity index (χ0v) is 11.4. The van der Waals surface area contributed by atoms with Gasteiger partial charge in [-0.1, -0.05) is 6.92 Å². The Kier molecular flexibility index (Phi) is 3.71. The lowest BCUT2D eigenvalue weighted by Gasteiger charge is -2.37. The van der Waals surface area contributed by atoms with Crippen LogP contribution in [0.25, 0.3) is 0 Å². The molecule has 100 valence electrons. The molecule has 0 aromatic carbocycles. The van der Waals surface area contributed by atoms with Crippen molar-refractivity contribution in [2.45, 2.75) is 39.7 Å². The van der Waals surface area contributed by atoms with Crippen molar-refractivity contribution in [3.05, 3.63) is 17.0 Å². The zero-order chi connectivity index (χ0) is 13.3. The molecule has 0 bridgehead atoms. The molecule has 18 heavy (non-hydrogen) atoms. The predicted molar refractivity (Wildman–Crippen MR) is 70.3 cm³/mol. The highest BCUT2D eigenvalue weighted by Crippen LogP contribution is 2.24. The summed E-state index contributed by atoms with van der Waals surface area (Å²) in [6, 6.07) is 0.151. The summed E-state index contributed by atoms with van der Waals surface area (Å²) in [6.07, 6.45) is 2.04. The molecule has 0 saturated carbocycles. The molecule has 2 heterocycles. The molecule has 0 radical (unpaired) electrons. The molecule has 1 aromatic rings. The van der Waals surface area contributed by atoms with E-state index in [2.05, 4.69) is 17.1 Å². The van der Waals surface area contributed by atoms with E-state index in [1.54, 1.807) is 0 Å². The number of likely N-dealkylation sites (tertiary alicyclic amines) is 1. The van der Waals surface area contributed by atoms with Crippen LogP contribution in [0.4, 0.5) is 0 Å². The van der Waals surface area contributed by atoms with Crippen LogP contribution in [0.2, 0.25) is 0 Å². The van der Waals surface area contributed by atoms with Crippen molar-refractivity contribution >= 4 is 5.91 Å². The Morgan fingerprint density at radius 3 is 2.83 bits per heavy atom. The molecule has 1 aromatic heterocycles. The number of amides is 1. The SMILES string of the molecule is Cc1[nH]nc(C(=O)N2CCC(C)CC2CN)c1C. The van der Waals surface area contributed by atoms with E-state index in [0.29, 0.717) is 18.2 Å². The van der Waals surface area contributed by atoms with Gasteiger partial charge >= 0.3 is 0 Å². The second kappa shape index (κ2) is 5.10. The van der Waals surface area contributed by atoms with Crippen molar-refractivity contribution in [1.29, 1.82) is 0 Å². The molecule has 2 unspecified atom stereocenters. The molecule has 2 atom stereocenters. The number of aromatic amines is 1. The summed E-state index contributed by atoms with van der Waals surface area (Å²) in [5, 5.41) is 6.99. The quantitative estimate of drug-likeness (QED) is 0.829. The molecule has 3 N–H and O–H groups in total. The normalized spacial score (nSPS) is 24.3. The summed E-state index contributed by atoms with van der Waals surface area (Å²) in [6.45, 7) is 7.38. The predicted octanol–water partition coefficient (Wildman–Crippen LogP) is 1.23. The number of nitrogens with two attached hydrogens (primary N) is 1. The number of carbonyl (C=O) groups is 1. The van der Waals surface area contributed by atoms with E-state index in [1.165, 1.54) is 0 Å². The van der Waals surface area contributed by atoms with E-state index in [9.17, 15) is 4.79 Å². The number of carbonyl (C=O) groups excluding carboxylic acids is 1. The number of aromatic nitrogens is 2. The monoisotopic (exact) mass is 250 g/mol. The van der Waals surface area contributed by atoms with Crippen molar-refractivity contribution < 1.29 is 4.79 Å². The number of hydrogen-bond acceptors (Lipinski definition) is 3. The first-order valence-corrected chi connectivity index (χ1v) is 6.57. The summed E-state index contributed by atoms with van der Waals surface area (Å²) in [5.74, 6) is 0.656. The van der Waals surface area contributed by atoms with Crippen LogP contribution in [0.3, 0.4) is 0 Å². The van der Waals surface area contributed by atoms with E-state index in [1.807, 2.05) is 18.7 Å². The average molecular weight is 250 g/mol. The van der Waals surface area contributed by atoms with Crippen LogP contribution >= 0.6 is 0 Å². The van der Waals surface area contributed by atoms with Crippen LogP contribution in [0, 0.1) is 19.8 Å². The summed E-state index contributed by atoms with van der Waals surface area (Å²) in [4.78, 5) is 14.4. The van der Waals surface area contributed by atoms with Crippen LogP contribution in [-0.4, -0.2) is 40.1 Å². The molecular weight excluding hydrogens is 228 g/mol. The van der Waals surface area contributed by atoms with Crippen molar-refractivity contribution in [2.75, 3.05) is 13.1 Å². The van der Waals surface area contributed by atoms with Crippen LogP contribution in [0.5, 0.6) is 0 Å². The van der Waals surface area contributed by atoms with Gasteiger partial charge in [0.1, 0.15) is 0 Å². The highest BCUT2D eigenvalue weighted by Gasteiger charge is 2.31. The van der Waals surface area contributed by atoms with Crippen molar-refractivity contribution in [1.82, 2.24) is 15.1 Å². The summed E-state index contributed by atoms with van der Waals surface area (Å²) in [5.41, 5.74) is 8.23. The Bertz CT molecular complexity index is 440. The minimum Gasteiger partial charge on any atom is -0.333 e. The van der Waals surface area contributed by atoms with Gasteiger partial charge in [0.2, 0.25) is 0 Å². The lowest BCUT2D eigenvalue weighted by molar-refractivity contribution is 0.0567. The Balaban J connectivity index is 2.20. The second-order valence-electron chi connectivity index (χ2n) is 5.34. The molecule has 1 fully saturated rings. The Morgan fingerprint density at radius 2 is 2.28 bits per heavy atom. The fraction of sp³-hybridized carbons (Fsp3) is 0.692. The maximum absolute atomic E-state index is 12.5. The van der Waals surface area contributed by atoms with E-state index in [4.69, 9.17) is 5.73 Å². The summed E-state index contributed by atoms with van der Waals surface area (Å²) >= 11 is 0. The van der Waals surface area contributed by atoms with Crippen molar-refractivity contribution in [3.63, 3.8) is 0 Å². The van der Waals surface area contributed by atoms with Gasteiger partial charge in [-0.2, -0.15) is 5.10 Å². The maximum atomic E-state index is 12.5.